The van der Waals surface area contributed by atoms with Crippen molar-refractivity contribution in [2.24, 2.45) is 0 Å². The van der Waals surface area contributed by atoms with Gasteiger partial charge in [-0.2, -0.15) is 0 Å². The highest BCUT2D eigenvalue weighted by atomic mass is 35.5. The second-order valence-electron chi connectivity index (χ2n) is 11.9. The number of fused-ring (bicyclic) bond motifs is 2. The molecule has 0 radical (unpaired) electrons. The van der Waals surface area contributed by atoms with Gasteiger partial charge in [0.1, 0.15) is 18.2 Å². The van der Waals surface area contributed by atoms with E-state index in [1.54, 1.807) is 47.6 Å². The van der Waals surface area contributed by atoms with Gasteiger partial charge in [-0.05, 0) is 77.9 Å². The summed E-state index contributed by atoms with van der Waals surface area (Å²) in [6.07, 6.45) is 3.48. The summed E-state index contributed by atoms with van der Waals surface area (Å²) in [4.78, 5) is 42.3. The number of rotatable bonds is 10. The minimum absolute atomic E-state index is 0.000550. The first-order valence-corrected chi connectivity index (χ1v) is 18.2. The number of esters is 1. The SMILES string of the molecule is CS(=O)(=O)c1cccc(CC[C@H](NC(=O)c2c(Cl)cc3c(c2Cl)CCN(C(=O)c2ccc4ccoc4c2)C3)C(=O)OCc2ccccc2)c1. The van der Waals surface area contributed by atoms with Crippen LogP contribution >= 0.6 is 23.2 Å². The van der Waals surface area contributed by atoms with Gasteiger partial charge in [-0.15, -0.1) is 0 Å². The summed E-state index contributed by atoms with van der Waals surface area (Å²) >= 11 is 13.5. The minimum atomic E-state index is -3.44. The van der Waals surface area contributed by atoms with Gasteiger partial charge in [-0.25, -0.2) is 13.2 Å². The van der Waals surface area contributed by atoms with E-state index in [9.17, 15) is 22.8 Å². The van der Waals surface area contributed by atoms with Crippen molar-refractivity contribution in [1.29, 1.82) is 0 Å². The van der Waals surface area contributed by atoms with Crippen LogP contribution in [0.3, 0.4) is 0 Å². The van der Waals surface area contributed by atoms with Crippen molar-refractivity contribution in [3.63, 3.8) is 0 Å². The molecular weight excluding hydrogens is 687 g/mol. The van der Waals surface area contributed by atoms with Gasteiger partial charge in [0.2, 0.25) is 0 Å². The van der Waals surface area contributed by atoms with Crippen molar-refractivity contribution in [2.45, 2.75) is 43.4 Å². The van der Waals surface area contributed by atoms with Crippen molar-refractivity contribution in [1.82, 2.24) is 10.2 Å². The number of amides is 2. The third-order valence-corrected chi connectivity index (χ3v) is 10.3. The van der Waals surface area contributed by atoms with Crippen molar-refractivity contribution in [3.8, 4) is 0 Å². The first-order chi connectivity index (χ1) is 23.5. The Kier molecular flexibility index (Phi) is 10.1. The molecule has 1 aliphatic rings. The lowest BCUT2D eigenvalue weighted by Crippen LogP contribution is -2.42. The molecule has 252 valence electrons. The number of nitrogens with zero attached hydrogens (tertiary/aromatic N) is 1. The van der Waals surface area contributed by atoms with Crippen LogP contribution in [0.5, 0.6) is 0 Å². The molecule has 2 heterocycles. The van der Waals surface area contributed by atoms with Crippen molar-refractivity contribution < 1.29 is 32.0 Å². The van der Waals surface area contributed by atoms with Gasteiger partial charge in [0.05, 0.1) is 26.8 Å². The molecule has 1 aromatic heterocycles. The number of hydrogen-bond donors (Lipinski definition) is 1. The fraction of sp³-hybridized carbons (Fsp3) is 0.216. The van der Waals surface area contributed by atoms with Crippen LogP contribution in [0.4, 0.5) is 0 Å². The van der Waals surface area contributed by atoms with Crippen LogP contribution in [-0.2, 0) is 45.4 Å². The Balaban J connectivity index is 1.20. The van der Waals surface area contributed by atoms with E-state index in [0.717, 1.165) is 22.8 Å². The number of nitrogens with one attached hydrogen (secondary N) is 1. The molecular formula is C37H32Cl2N2O7S. The summed E-state index contributed by atoms with van der Waals surface area (Å²) in [5.74, 6) is -1.49. The van der Waals surface area contributed by atoms with Crippen LogP contribution in [-0.4, -0.2) is 49.9 Å². The number of benzene rings is 4. The molecule has 2 amide bonds. The zero-order valence-electron chi connectivity index (χ0n) is 26.4. The highest BCUT2D eigenvalue weighted by Gasteiger charge is 2.30. The van der Waals surface area contributed by atoms with Crippen molar-refractivity contribution in [3.05, 3.63) is 135 Å². The number of halogens is 2. The Hall–Kier alpha value is -4.64. The Bertz CT molecular complexity index is 2170. The molecule has 5 aromatic rings. The minimum Gasteiger partial charge on any atom is -0.464 e. The number of carbonyl (C=O) groups excluding carboxylic acids is 3. The number of furan rings is 1. The van der Waals surface area contributed by atoms with Gasteiger partial charge in [0.25, 0.3) is 11.8 Å². The fourth-order valence-corrected chi connectivity index (χ4v) is 7.31. The van der Waals surface area contributed by atoms with Gasteiger partial charge < -0.3 is 19.4 Å². The lowest BCUT2D eigenvalue weighted by Gasteiger charge is -2.30. The van der Waals surface area contributed by atoms with Crippen LogP contribution in [0.15, 0.2) is 101 Å². The predicted octanol–water partition coefficient (Wildman–Crippen LogP) is 6.82. The summed E-state index contributed by atoms with van der Waals surface area (Å²) < 4.78 is 35.2. The molecule has 0 fully saturated rings. The average Bonchev–Trinajstić information content (AvgIpc) is 3.57. The van der Waals surface area contributed by atoms with E-state index in [-0.39, 0.29) is 52.4 Å². The maximum atomic E-state index is 13.8. The molecule has 0 saturated heterocycles. The average molecular weight is 720 g/mol. The smallest absolute Gasteiger partial charge is 0.328 e. The van der Waals surface area contributed by atoms with E-state index in [2.05, 4.69) is 5.32 Å². The summed E-state index contributed by atoms with van der Waals surface area (Å²) in [6, 6.07) is 23.2. The molecule has 1 N–H and O–H groups in total. The summed E-state index contributed by atoms with van der Waals surface area (Å²) in [5, 5.41) is 3.89. The number of aryl methyl sites for hydroxylation is 1. The molecule has 12 heteroatoms. The molecule has 49 heavy (non-hydrogen) atoms. The topological polar surface area (TPSA) is 123 Å². The Morgan fingerprint density at radius 2 is 1.73 bits per heavy atom. The molecule has 0 bridgehead atoms. The normalized spacial score (nSPS) is 13.5. The van der Waals surface area contributed by atoms with E-state index in [0.29, 0.717) is 35.2 Å². The molecule has 0 spiro atoms. The van der Waals surface area contributed by atoms with Gasteiger partial charge in [0, 0.05) is 30.3 Å². The zero-order valence-corrected chi connectivity index (χ0v) is 28.8. The van der Waals surface area contributed by atoms with Gasteiger partial charge in [0.15, 0.2) is 9.84 Å². The third kappa shape index (κ3) is 7.83. The van der Waals surface area contributed by atoms with Crippen molar-refractivity contribution >= 4 is 61.8 Å². The van der Waals surface area contributed by atoms with Crippen LogP contribution < -0.4 is 5.32 Å². The van der Waals surface area contributed by atoms with Crippen LogP contribution in [0, 0.1) is 0 Å². The van der Waals surface area contributed by atoms with E-state index >= 15 is 0 Å². The van der Waals surface area contributed by atoms with Crippen LogP contribution in [0.1, 0.15) is 49.4 Å². The molecule has 0 saturated carbocycles. The monoisotopic (exact) mass is 718 g/mol. The number of sulfone groups is 1. The Labute approximate surface area is 293 Å². The molecule has 4 aromatic carbocycles. The second-order valence-corrected chi connectivity index (χ2v) is 14.7. The van der Waals surface area contributed by atoms with Crippen molar-refractivity contribution in [2.75, 3.05) is 12.8 Å². The first kappa shape index (κ1) is 34.2. The van der Waals surface area contributed by atoms with Gasteiger partial charge >= 0.3 is 5.97 Å². The number of carbonyl (C=O) groups is 3. The maximum Gasteiger partial charge on any atom is 0.328 e. The second kappa shape index (κ2) is 14.5. The van der Waals surface area contributed by atoms with Crippen LogP contribution in [0.2, 0.25) is 10.0 Å². The molecule has 9 nitrogen and oxygen atoms in total. The quantitative estimate of drug-likeness (QED) is 0.157. The highest BCUT2D eigenvalue weighted by molar-refractivity contribution is 7.90. The summed E-state index contributed by atoms with van der Waals surface area (Å²) in [5.41, 5.74) is 3.99. The number of ether oxygens (including phenoxy) is 1. The Morgan fingerprint density at radius 1 is 0.959 bits per heavy atom. The van der Waals surface area contributed by atoms with E-state index in [1.807, 2.05) is 42.5 Å². The fourth-order valence-electron chi connectivity index (χ4n) is 5.85. The number of hydrogen-bond acceptors (Lipinski definition) is 7. The lowest BCUT2D eigenvalue weighted by molar-refractivity contribution is -0.147. The summed E-state index contributed by atoms with van der Waals surface area (Å²) in [7, 11) is -3.44. The lowest BCUT2D eigenvalue weighted by atomic mass is 9.95. The van der Waals surface area contributed by atoms with E-state index in [1.165, 1.54) is 6.07 Å². The van der Waals surface area contributed by atoms with Gasteiger partial charge in [-0.1, -0.05) is 71.7 Å². The van der Waals surface area contributed by atoms with Gasteiger partial charge in [-0.3, -0.25) is 9.59 Å². The summed E-state index contributed by atoms with van der Waals surface area (Å²) in [6.45, 7) is 0.610. The molecule has 1 aliphatic heterocycles. The zero-order chi connectivity index (χ0) is 34.7. The highest BCUT2D eigenvalue weighted by Crippen LogP contribution is 2.35. The maximum absolute atomic E-state index is 13.8. The third-order valence-electron chi connectivity index (χ3n) is 8.48. The molecule has 0 aliphatic carbocycles. The first-order valence-electron chi connectivity index (χ1n) is 15.5. The molecule has 1 atom stereocenters. The predicted molar refractivity (Wildman–Crippen MR) is 186 cm³/mol. The standard InChI is InChI=1S/C37H32Cl2N2O7S/c1-49(45,46)28-9-5-8-23(18-28)10-13-31(37(44)48-22-24-6-3-2-4-7-24)40-35(42)33-30(38)19-27-21-41(16-14-29(27)34(33)39)36(43)26-12-11-25-15-17-47-32(25)20-26/h2-9,11-12,15,17-20,31H,10,13-14,16,21-22H2,1H3,(H,40,42)/t31-/m0/s1. The van der Waals surface area contributed by atoms with Crippen LogP contribution in [0.25, 0.3) is 11.0 Å². The van der Waals surface area contributed by atoms with E-state index in [4.69, 9.17) is 32.4 Å². The molecule has 0 unspecified atom stereocenters. The Morgan fingerprint density at radius 3 is 2.51 bits per heavy atom. The molecule has 6 rings (SSSR count). The van der Waals surface area contributed by atoms with E-state index < -0.39 is 27.8 Å². The largest absolute Gasteiger partial charge is 0.464 e.